The normalized spacial score (nSPS) is 19.6. The number of imide groups is 1. The number of anilines is 2. The average molecular weight is 608 g/mol. The molecule has 0 saturated carbocycles. The highest BCUT2D eigenvalue weighted by molar-refractivity contribution is 8.00. The van der Waals surface area contributed by atoms with E-state index in [1.807, 2.05) is 19.1 Å². The van der Waals surface area contributed by atoms with E-state index in [9.17, 15) is 24.3 Å². The maximum atomic E-state index is 14.0. The number of aromatic amines is 1. The molecular formula is C29H22ClN3O6S2. The average Bonchev–Trinajstić information content (AvgIpc) is 3.44. The highest BCUT2D eigenvalue weighted by Crippen LogP contribution is 2.54. The number of aromatic nitrogens is 1. The largest absolute Gasteiger partial charge is 0.508 e. The number of H-pyrrole nitrogens is 1. The van der Waals surface area contributed by atoms with Crippen LogP contribution in [0.3, 0.4) is 0 Å². The number of ether oxygens (including phenoxy) is 1. The summed E-state index contributed by atoms with van der Waals surface area (Å²) in [6.07, 6.45) is 0. The van der Waals surface area contributed by atoms with E-state index >= 15 is 0 Å². The lowest BCUT2D eigenvalue weighted by Crippen LogP contribution is -2.32. The molecule has 3 N–H and O–H groups in total. The molecular weight excluding hydrogens is 586 g/mol. The molecule has 3 atom stereocenters. The number of nitrogens with zero attached hydrogens (tertiary/aromatic N) is 1. The van der Waals surface area contributed by atoms with Crippen LogP contribution in [0.2, 0.25) is 5.02 Å². The Morgan fingerprint density at radius 3 is 2.51 bits per heavy atom. The second-order valence-electron chi connectivity index (χ2n) is 9.66. The quantitative estimate of drug-likeness (QED) is 0.210. The molecule has 0 unspecified atom stereocenters. The van der Waals surface area contributed by atoms with Gasteiger partial charge in [-0.3, -0.25) is 19.2 Å². The van der Waals surface area contributed by atoms with Crippen molar-refractivity contribution in [2.75, 3.05) is 16.8 Å². The Balaban J connectivity index is 1.36. The van der Waals surface area contributed by atoms with Crippen LogP contribution in [0.25, 0.3) is 0 Å². The number of aryl methyl sites for hydroxylation is 1. The van der Waals surface area contributed by atoms with E-state index < -0.39 is 23.0 Å². The molecule has 12 heteroatoms. The number of aromatic hydroxyl groups is 1. The van der Waals surface area contributed by atoms with Gasteiger partial charge in [0.25, 0.3) is 5.91 Å². The Hall–Kier alpha value is -4.06. The molecule has 208 valence electrons. The maximum Gasteiger partial charge on any atom is 0.305 e. The van der Waals surface area contributed by atoms with Gasteiger partial charge in [-0.1, -0.05) is 52.4 Å². The Kier molecular flexibility index (Phi) is 7.10. The van der Waals surface area contributed by atoms with Gasteiger partial charge in [-0.05, 0) is 61.5 Å². The van der Waals surface area contributed by atoms with E-state index in [1.54, 1.807) is 42.5 Å². The first-order chi connectivity index (χ1) is 19.7. The summed E-state index contributed by atoms with van der Waals surface area (Å²) in [6.45, 7) is 1.56. The molecule has 0 aliphatic carbocycles. The molecule has 1 fully saturated rings. The van der Waals surface area contributed by atoms with E-state index in [0.29, 0.717) is 37.6 Å². The van der Waals surface area contributed by atoms with Gasteiger partial charge in [0.1, 0.15) is 16.7 Å². The van der Waals surface area contributed by atoms with Crippen molar-refractivity contribution in [1.82, 2.24) is 4.98 Å². The van der Waals surface area contributed by atoms with Crippen LogP contribution in [-0.4, -0.2) is 39.7 Å². The van der Waals surface area contributed by atoms with E-state index in [2.05, 4.69) is 10.3 Å². The number of halogens is 1. The summed E-state index contributed by atoms with van der Waals surface area (Å²) < 4.78 is 5.94. The van der Waals surface area contributed by atoms with Gasteiger partial charge in [-0.2, -0.15) is 0 Å². The van der Waals surface area contributed by atoms with Crippen LogP contribution in [-0.2, 0) is 14.4 Å². The summed E-state index contributed by atoms with van der Waals surface area (Å²) >= 11 is 8.56. The summed E-state index contributed by atoms with van der Waals surface area (Å²) in [7, 11) is 0. The standard InChI is InChI=1S/C29H22ClN3O6S2/c1-14-2-7-17(8-3-14)33-27(36)23-22(24-26(32-29(38)41-24)40-25(23)28(33)37)19-12-15(30)4-11-20(19)39-13-21(35)31-16-5-9-18(34)10-6-16/h2-12,22-23,25,34H,13H2,1H3,(H,31,35)(H,32,38)/t22-,23-,25+/m0/s1. The molecule has 9 nitrogen and oxygen atoms in total. The minimum absolute atomic E-state index is 0.0707. The smallest absolute Gasteiger partial charge is 0.305 e. The summed E-state index contributed by atoms with van der Waals surface area (Å²) in [4.78, 5) is 57.0. The van der Waals surface area contributed by atoms with E-state index in [-0.39, 0.29) is 29.0 Å². The summed E-state index contributed by atoms with van der Waals surface area (Å²) in [5.41, 5.74) is 2.44. The van der Waals surface area contributed by atoms with Crippen molar-refractivity contribution in [2.24, 2.45) is 5.92 Å². The summed E-state index contributed by atoms with van der Waals surface area (Å²) in [5, 5.41) is 12.3. The minimum atomic E-state index is -0.834. The molecule has 0 spiro atoms. The Bertz CT molecular complexity index is 1730. The third kappa shape index (κ3) is 5.12. The molecule has 3 aromatic carbocycles. The number of rotatable bonds is 6. The van der Waals surface area contributed by atoms with Crippen molar-refractivity contribution >= 4 is 63.8 Å². The van der Waals surface area contributed by atoms with Gasteiger partial charge in [0.2, 0.25) is 11.8 Å². The third-order valence-electron chi connectivity index (χ3n) is 6.93. The predicted octanol–water partition coefficient (Wildman–Crippen LogP) is 4.92. The maximum absolute atomic E-state index is 14.0. The van der Waals surface area contributed by atoms with E-state index in [1.165, 1.54) is 28.8 Å². The molecule has 6 rings (SSSR count). The number of amides is 3. The predicted molar refractivity (Wildman–Crippen MR) is 157 cm³/mol. The topological polar surface area (TPSA) is 129 Å². The Morgan fingerprint density at radius 2 is 1.78 bits per heavy atom. The second-order valence-corrected chi connectivity index (χ2v) is 12.3. The molecule has 2 aliphatic rings. The molecule has 1 aromatic heterocycles. The van der Waals surface area contributed by atoms with Gasteiger partial charge in [0.05, 0.1) is 16.6 Å². The van der Waals surface area contributed by atoms with Crippen molar-refractivity contribution in [3.63, 3.8) is 0 Å². The second kappa shape index (κ2) is 10.7. The molecule has 41 heavy (non-hydrogen) atoms. The van der Waals surface area contributed by atoms with Gasteiger partial charge in [-0.15, -0.1) is 0 Å². The lowest BCUT2D eigenvalue weighted by Gasteiger charge is -2.31. The fraction of sp³-hybridized carbons (Fsp3) is 0.172. The Morgan fingerprint density at radius 1 is 1.05 bits per heavy atom. The number of hydrogen-bond donors (Lipinski definition) is 3. The lowest BCUT2D eigenvalue weighted by atomic mass is 9.82. The van der Waals surface area contributed by atoms with Crippen LogP contribution in [0, 0.1) is 12.8 Å². The molecule has 1 saturated heterocycles. The van der Waals surface area contributed by atoms with Crippen LogP contribution in [0.4, 0.5) is 11.4 Å². The van der Waals surface area contributed by atoms with Gasteiger partial charge in [0.15, 0.2) is 6.61 Å². The van der Waals surface area contributed by atoms with Gasteiger partial charge in [-0.25, -0.2) is 4.90 Å². The van der Waals surface area contributed by atoms with Crippen molar-refractivity contribution < 1.29 is 24.2 Å². The molecule has 4 aromatic rings. The molecule has 3 amide bonds. The van der Waals surface area contributed by atoms with Crippen molar-refractivity contribution in [2.45, 2.75) is 23.1 Å². The van der Waals surface area contributed by atoms with Gasteiger partial charge < -0.3 is 20.1 Å². The van der Waals surface area contributed by atoms with Crippen molar-refractivity contribution in [3.05, 3.63) is 97.4 Å². The molecule has 0 bridgehead atoms. The van der Waals surface area contributed by atoms with Crippen molar-refractivity contribution in [1.29, 1.82) is 0 Å². The highest BCUT2D eigenvalue weighted by atomic mass is 35.5. The number of fused-ring (bicyclic) bond motifs is 2. The minimum Gasteiger partial charge on any atom is -0.508 e. The van der Waals surface area contributed by atoms with Crippen molar-refractivity contribution in [3.8, 4) is 11.5 Å². The molecule has 2 aliphatic heterocycles. The number of nitrogens with one attached hydrogen (secondary N) is 2. The zero-order valence-corrected chi connectivity index (χ0v) is 23.8. The van der Waals surface area contributed by atoms with Gasteiger partial charge in [0, 0.05) is 27.1 Å². The van der Waals surface area contributed by atoms with Crippen LogP contribution in [0.5, 0.6) is 11.5 Å². The molecule has 3 heterocycles. The summed E-state index contributed by atoms with van der Waals surface area (Å²) in [6, 6.07) is 18.0. The molecule has 0 radical (unpaired) electrons. The van der Waals surface area contributed by atoms with Crippen LogP contribution in [0.1, 0.15) is 21.9 Å². The van der Waals surface area contributed by atoms with Crippen LogP contribution >= 0.6 is 34.7 Å². The Labute approximate surface area is 247 Å². The number of phenols is 1. The van der Waals surface area contributed by atoms with E-state index in [0.717, 1.165) is 16.9 Å². The zero-order chi connectivity index (χ0) is 28.8. The number of benzene rings is 3. The SMILES string of the molecule is Cc1ccc(N2C(=O)[C@H]3[C@H](c4cc(Cl)ccc4OCC(=O)Nc4ccc(O)cc4)c4sc(=O)[nH]c4S[C@H]3C2=O)cc1. The first-order valence-electron chi connectivity index (χ1n) is 12.5. The fourth-order valence-electron chi connectivity index (χ4n) is 5.08. The lowest BCUT2D eigenvalue weighted by molar-refractivity contribution is -0.122. The van der Waals surface area contributed by atoms with E-state index in [4.69, 9.17) is 16.3 Å². The van der Waals surface area contributed by atoms with Gasteiger partial charge >= 0.3 is 4.87 Å². The fourth-order valence-corrected chi connectivity index (χ4v) is 7.77. The number of phenolic OH excluding ortho intramolecular Hbond substituents is 1. The highest BCUT2D eigenvalue weighted by Gasteiger charge is 2.56. The first-order valence-corrected chi connectivity index (χ1v) is 14.6. The van der Waals surface area contributed by atoms with Crippen LogP contribution in [0.15, 0.2) is 76.6 Å². The van der Waals surface area contributed by atoms with Crippen LogP contribution < -0.4 is 19.8 Å². The third-order valence-corrected chi connectivity index (χ3v) is 9.57. The summed E-state index contributed by atoms with van der Waals surface area (Å²) in [5.74, 6) is -2.38. The number of carbonyl (C=O) groups is 3. The number of hydrogen-bond acceptors (Lipinski definition) is 8. The first kappa shape index (κ1) is 27.1. The number of thiazole rings is 1. The zero-order valence-electron chi connectivity index (χ0n) is 21.4. The number of carbonyl (C=O) groups excluding carboxylic acids is 3. The monoisotopic (exact) mass is 607 g/mol. The number of thioether (sulfide) groups is 1.